The molecule has 5 heteroatoms. The number of carbonyl (C=O) groups is 1. The van der Waals surface area contributed by atoms with Crippen LogP contribution in [0.15, 0.2) is 71.6 Å². The second-order valence-electron chi connectivity index (χ2n) is 8.80. The Hall–Kier alpha value is -2.76. The molecule has 1 amide bonds. The Labute approximate surface area is 200 Å². The zero-order chi connectivity index (χ0) is 22.6. The summed E-state index contributed by atoms with van der Waals surface area (Å²) in [4.78, 5) is 16.9. The van der Waals surface area contributed by atoms with E-state index in [-0.39, 0.29) is 11.9 Å². The average Bonchev–Trinajstić information content (AvgIpc) is 3.34. The Morgan fingerprint density at radius 1 is 1.06 bits per heavy atom. The second-order valence-corrected chi connectivity index (χ2v) is 9.68. The number of amides is 1. The first-order chi connectivity index (χ1) is 16.2. The van der Waals surface area contributed by atoms with Crippen LogP contribution in [0.4, 0.5) is 0 Å². The Morgan fingerprint density at radius 3 is 2.67 bits per heavy atom. The van der Waals surface area contributed by atoms with Gasteiger partial charge in [-0.1, -0.05) is 54.6 Å². The summed E-state index contributed by atoms with van der Waals surface area (Å²) in [5, 5.41) is 3.24. The van der Waals surface area contributed by atoms with Crippen molar-refractivity contribution in [3.8, 4) is 5.75 Å². The Balaban J connectivity index is 1.31. The number of hydrogen-bond acceptors (Lipinski definition) is 4. The number of nitrogens with one attached hydrogen (secondary N) is 1. The number of ether oxygens (including phenoxy) is 1. The number of benzene rings is 3. The fourth-order valence-electron chi connectivity index (χ4n) is 4.89. The Kier molecular flexibility index (Phi) is 6.70. The molecule has 1 atom stereocenters. The van der Waals surface area contributed by atoms with Crippen molar-refractivity contribution in [2.45, 2.75) is 36.7 Å². The van der Waals surface area contributed by atoms with E-state index in [0.717, 1.165) is 48.6 Å². The van der Waals surface area contributed by atoms with Crippen molar-refractivity contribution < 1.29 is 9.53 Å². The number of carbonyl (C=O) groups excluding carboxylic acids is 1. The van der Waals surface area contributed by atoms with Crippen LogP contribution >= 0.6 is 11.8 Å². The first-order valence-corrected chi connectivity index (χ1v) is 12.9. The van der Waals surface area contributed by atoms with Gasteiger partial charge in [0.25, 0.3) is 5.91 Å². The zero-order valence-electron chi connectivity index (χ0n) is 19.0. The summed E-state index contributed by atoms with van der Waals surface area (Å²) < 4.78 is 5.82. The van der Waals surface area contributed by atoms with Crippen molar-refractivity contribution in [1.29, 1.82) is 0 Å². The molecule has 33 heavy (non-hydrogen) atoms. The predicted octanol–water partition coefficient (Wildman–Crippen LogP) is 4.74. The SMILES string of the molecule is CSc1cc2c(c(C(=O)NC[C@@H]3Cc4ccccc4CN3CCc3ccccc3)c1)OCC2. The summed E-state index contributed by atoms with van der Waals surface area (Å²) in [6.07, 6.45) is 4.87. The van der Waals surface area contributed by atoms with Crippen molar-refractivity contribution in [3.05, 3.63) is 94.5 Å². The van der Waals surface area contributed by atoms with Gasteiger partial charge in [0.1, 0.15) is 5.75 Å². The van der Waals surface area contributed by atoms with Gasteiger partial charge >= 0.3 is 0 Å². The molecular formula is C28H30N2O2S. The molecule has 0 saturated carbocycles. The molecule has 2 heterocycles. The van der Waals surface area contributed by atoms with Gasteiger partial charge in [-0.2, -0.15) is 0 Å². The van der Waals surface area contributed by atoms with E-state index < -0.39 is 0 Å². The highest BCUT2D eigenvalue weighted by atomic mass is 32.2. The van der Waals surface area contributed by atoms with Gasteiger partial charge in [-0.15, -0.1) is 11.8 Å². The van der Waals surface area contributed by atoms with Gasteiger partial charge in [-0.05, 0) is 53.5 Å². The highest BCUT2D eigenvalue weighted by Gasteiger charge is 2.27. The molecule has 5 rings (SSSR count). The molecular weight excluding hydrogens is 428 g/mol. The van der Waals surface area contributed by atoms with Gasteiger partial charge < -0.3 is 10.1 Å². The van der Waals surface area contributed by atoms with Crippen LogP contribution in [-0.2, 0) is 25.8 Å². The molecule has 0 aromatic heterocycles. The second kappa shape index (κ2) is 10.0. The van der Waals surface area contributed by atoms with Crippen LogP contribution in [0.2, 0.25) is 0 Å². The third kappa shape index (κ3) is 4.94. The molecule has 0 fully saturated rings. The van der Waals surface area contributed by atoms with Crippen LogP contribution in [0.3, 0.4) is 0 Å². The lowest BCUT2D eigenvalue weighted by atomic mass is 9.93. The zero-order valence-corrected chi connectivity index (χ0v) is 19.9. The predicted molar refractivity (Wildman–Crippen MR) is 134 cm³/mol. The van der Waals surface area contributed by atoms with Crippen LogP contribution in [-0.4, -0.2) is 42.8 Å². The topological polar surface area (TPSA) is 41.6 Å². The molecule has 0 unspecified atom stereocenters. The number of fused-ring (bicyclic) bond motifs is 2. The average molecular weight is 459 g/mol. The standard InChI is InChI=1S/C28H30N2O2S/c1-33-25-16-22-12-14-32-27(22)26(17-25)28(31)29-18-24-15-21-9-5-6-10-23(21)19-30(24)13-11-20-7-3-2-4-8-20/h2-10,16-17,24H,11-15,18-19H2,1H3,(H,29,31)/t24-/m0/s1. The van der Waals surface area contributed by atoms with E-state index in [1.165, 1.54) is 16.7 Å². The van der Waals surface area contributed by atoms with Crippen molar-refractivity contribution in [3.63, 3.8) is 0 Å². The highest BCUT2D eigenvalue weighted by molar-refractivity contribution is 7.98. The smallest absolute Gasteiger partial charge is 0.255 e. The molecule has 0 aliphatic carbocycles. The third-order valence-electron chi connectivity index (χ3n) is 6.73. The summed E-state index contributed by atoms with van der Waals surface area (Å²) in [5.74, 6) is 0.728. The van der Waals surface area contributed by atoms with Crippen LogP contribution in [0.1, 0.15) is 32.6 Å². The maximum Gasteiger partial charge on any atom is 0.255 e. The molecule has 0 bridgehead atoms. The molecule has 0 radical (unpaired) electrons. The number of rotatable bonds is 7. The lowest BCUT2D eigenvalue weighted by Crippen LogP contribution is -2.48. The van der Waals surface area contributed by atoms with Crippen LogP contribution in [0.25, 0.3) is 0 Å². The van der Waals surface area contributed by atoms with Gasteiger partial charge in [0, 0.05) is 37.0 Å². The van der Waals surface area contributed by atoms with Crippen molar-refractivity contribution >= 4 is 17.7 Å². The van der Waals surface area contributed by atoms with Crippen molar-refractivity contribution in [2.75, 3.05) is 26.0 Å². The number of thioether (sulfide) groups is 1. The molecule has 0 saturated heterocycles. The minimum atomic E-state index is -0.0362. The molecule has 1 N–H and O–H groups in total. The maximum atomic E-state index is 13.2. The van der Waals surface area contributed by atoms with Gasteiger partial charge in [0.05, 0.1) is 12.2 Å². The van der Waals surface area contributed by atoms with E-state index in [4.69, 9.17) is 4.74 Å². The van der Waals surface area contributed by atoms with E-state index >= 15 is 0 Å². The van der Waals surface area contributed by atoms with Crippen LogP contribution in [0, 0.1) is 0 Å². The molecule has 2 aliphatic heterocycles. The Morgan fingerprint density at radius 2 is 1.85 bits per heavy atom. The monoisotopic (exact) mass is 458 g/mol. The number of nitrogens with zero attached hydrogens (tertiary/aromatic N) is 1. The molecule has 0 spiro atoms. The Bertz CT molecular complexity index is 1130. The molecule has 3 aromatic rings. The van der Waals surface area contributed by atoms with Crippen LogP contribution in [0.5, 0.6) is 5.75 Å². The van der Waals surface area contributed by atoms with E-state index in [1.807, 2.05) is 12.3 Å². The summed E-state index contributed by atoms with van der Waals surface area (Å²) in [6.45, 7) is 3.17. The molecule has 2 aliphatic rings. The third-order valence-corrected chi connectivity index (χ3v) is 7.44. The van der Waals surface area contributed by atoms with Crippen molar-refractivity contribution in [1.82, 2.24) is 10.2 Å². The lowest BCUT2D eigenvalue weighted by molar-refractivity contribution is 0.0922. The van der Waals surface area contributed by atoms with Gasteiger partial charge in [0.2, 0.25) is 0 Å². The first-order valence-electron chi connectivity index (χ1n) is 11.7. The fourth-order valence-corrected chi connectivity index (χ4v) is 5.39. The largest absolute Gasteiger partial charge is 0.492 e. The minimum absolute atomic E-state index is 0.0362. The highest BCUT2D eigenvalue weighted by Crippen LogP contribution is 2.34. The van der Waals surface area contributed by atoms with E-state index in [1.54, 1.807) is 11.8 Å². The van der Waals surface area contributed by atoms with Gasteiger partial charge in [-0.25, -0.2) is 0 Å². The quantitative estimate of drug-likeness (QED) is 0.519. The summed E-state index contributed by atoms with van der Waals surface area (Å²) in [6, 6.07) is 23.7. The van der Waals surface area contributed by atoms with Gasteiger partial charge in [-0.3, -0.25) is 9.69 Å². The van der Waals surface area contributed by atoms with E-state index in [0.29, 0.717) is 18.7 Å². The van der Waals surface area contributed by atoms with E-state index in [2.05, 4.69) is 70.9 Å². The first kappa shape index (κ1) is 22.1. The summed E-state index contributed by atoms with van der Waals surface area (Å²) >= 11 is 1.67. The molecule has 3 aromatic carbocycles. The lowest BCUT2D eigenvalue weighted by Gasteiger charge is -2.37. The summed E-state index contributed by atoms with van der Waals surface area (Å²) in [5.41, 5.74) is 5.94. The van der Waals surface area contributed by atoms with Crippen molar-refractivity contribution in [2.24, 2.45) is 0 Å². The molecule has 170 valence electrons. The summed E-state index contributed by atoms with van der Waals surface area (Å²) in [7, 11) is 0. The maximum absolute atomic E-state index is 13.2. The van der Waals surface area contributed by atoms with Gasteiger partial charge in [0.15, 0.2) is 0 Å². The number of hydrogen-bond donors (Lipinski definition) is 1. The molecule has 4 nitrogen and oxygen atoms in total. The van der Waals surface area contributed by atoms with Crippen LogP contribution < -0.4 is 10.1 Å². The minimum Gasteiger partial charge on any atom is -0.492 e. The fraction of sp³-hybridized carbons (Fsp3) is 0.321. The van der Waals surface area contributed by atoms with E-state index in [9.17, 15) is 4.79 Å². The normalized spacial score (nSPS) is 17.2.